The number of rotatable bonds is 14. The van der Waals surface area contributed by atoms with Gasteiger partial charge in [-0.2, -0.15) is 0 Å². The number of unbranched alkanes of at least 4 members (excludes halogenated alkanes) is 2. The number of hydrogen-bond donors (Lipinski definition) is 1. The summed E-state index contributed by atoms with van der Waals surface area (Å²) in [5, 5.41) is 11.0. The summed E-state index contributed by atoms with van der Waals surface area (Å²) in [6.45, 7) is 15.8. The number of fused-ring (bicyclic) bond motifs is 1. The molecule has 230 valence electrons. The van der Waals surface area contributed by atoms with Crippen molar-refractivity contribution in [2.45, 2.75) is 87.8 Å². The van der Waals surface area contributed by atoms with Crippen molar-refractivity contribution in [1.82, 2.24) is 4.90 Å². The summed E-state index contributed by atoms with van der Waals surface area (Å²) in [7, 11) is 0. The highest BCUT2D eigenvalue weighted by molar-refractivity contribution is 8.02. The summed E-state index contributed by atoms with van der Waals surface area (Å²) in [5.74, 6) is -2.08. The molecule has 2 bridgehead atoms. The number of nitrogens with zero attached hydrogens (tertiary/aromatic N) is 2. The maximum absolute atomic E-state index is 14.9. The van der Waals surface area contributed by atoms with Crippen LogP contribution in [0.2, 0.25) is 5.02 Å². The third-order valence-corrected chi connectivity index (χ3v) is 11.4. The number of hydrogen-bond acceptors (Lipinski definition) is 6. The molecule has 3 heterocycles. The highest BCUT2D eigenvalue weighted by atomic mass is 35.5. The van der Waals surface area contributed by atoms with E-state index in [2.05, 4.69) is 13.2 Å². The Bertz CT molecular complexity index is 1200. The van der Waals surface area contributed by atoms with Crippen LogP contribution in [0, 0.1) is 24.7 Å². The molecule has 1 N–H and O–H groups in total. The second-order valence-corrected chi connectivity index (χ2v) is 14.8. The molecule has 6 atom stereocenters. The number of esters is 1. The van der Waals surface area contributed by atoms with Crippen LogP contribution in [-0.2, 0) is 19.1 Å². The summed E-state index contributed by atoms with van der Waals surface area (Å²) in [5.41, 5.74) is 1.41. The van der Waals surface area contributed by atoms with Crippen molar-refractivity contribution in [1.29, 1.82) is 0 Å². The minimum atomic E-state index is -0.876. The number of carbonyl (C=O) groups is 3. The molecule has 2 amide bonds. The van der Waals surface area contributed by atoms with Crippen molar-refractivity contribution in [3.05, 3.63) is 54.1 Å². The highest BCUT2D eigenvalue weighted by Crippen LogP contribution is 2.72. The van der Waals surface area contributed by atoms with Crippen LogP contribution in [0.15, 0.2) is 43.5 Å². The Morgan fingerprint density at radius 2 is 2.00 bits per heavy atom. The first-order chi connectivity index (χ1) is 20.0. The van der Waals surface area contributed by atoms with E-state index in [1.54, 1.807) is 33.7 Å². The van der Waals surface area contributed by atoms with Gasteiger partial charge in [0.1, 0.15) is 6.04 Å². The molecule has 0 radical (unpaired) electrons. The van der Waals surface area contributed by atoms with Gasteiger partial charge in [-0.05, 0) is 69.9 Å². The van der Waals surface area contributed by atoms with Gasteiger partial charge in [0.05, 0.1) is 46.5 Å². The number of ether oxygens (including phenoxy) is 1. The van der Waals surface area contributed by atoms with E-state index < -0.39 is 33.4 Å². The van der Waals surface area contributed by atoms with Gasteiger partial charge in [0.15, 0.2) is 0 Å². The van der Waals surface area contributed by atoms with Crippen molar-refractivity contribution < 1.29 is 24.2 Å². The molecule has 0 aromatic heterocycles. The third kappa shape index (κ3) is 5.67. The number of aliphatic hydroxyl groups is 1. The third-order valence-electron chi connectivity index (χ3n) is 9.13. The summed E-state index contributed by atoms with van der Waals surface area (Å²) in [4.78, 5) is 46.4. The average Bonchev–Trinajstić information content (AvgIpc) is 3.51. The predicted octanol–water partition coefficient (Wildman–Crippen LogP) is 5.96. The number of amides is 2. The molecule has 4 rings (SSSR count). The number of halogens is 1. The maximum atomic E-state index is 14.9. The Hall–Kier alpha value is -2.29. The Labute approximate surface area is 259 Å². The number of aryl methyl sites for hydroxylation is 1. The van der Waals surface area contributed by atoms with E-state index in [9.17, 15) is 19.5 Å². The molecule has 1 aromatic rings. The Balaban J connectivity index is 1.79. The van der Waals surface area contributed by atoms with Gasteiger partial charge in [-0.15, -0.1) is 24.9 Å². The lowest BCUT2D eigenvalue weighted by atomic mass is 9.66. The molecule has 3 aliphatic rings. The van der Waals surface area contributed by atoms with Gasteiger partial charge in [-0.3, -0.25) is 14.4 Å². The lowest BCUT2D eigenvalue weighted by molar-refractivity contribution is -0.156. The second kappa shape index (κ2) is 13.1. The molecule has 3 fully saturated rings. The van der Waals surface area contributed by atoms with Gasteiger partial charge < -0.3 is 19.6 Å². The SMILES string of the molecule is C=CCCCCOC(=O)[C@H]1[C@H]2C(=O)N([C@@H](CO)CC(C)C)C(C(=O)N(CC=C)c3c(C)cccc3Cl)C23CC[C@]1(C)S3. The van der Waals surface area contributed by atoms with Crippen molar-refractivity contribution in [3.8, 4) is 0 Å². The fourth-order valence-electron chi connectivity index (χ4n) is 7.40. The fourth-order valence-corrected chi connectivity index (χ4v) is 10.0. The minimum absolute atomic E-state index is 0.177. The van der Waals surface area contributed by atoms with Gasteiger partial charge >= 0.3 is 5.97 Å². The van der Waals surface area contributed by atoms with Gasteiger partial charge in [-0.25, -0.2) is 0 Å². The smallest absolute Gasteiger partial charge is 0.311 e. The Morgan fingerprint density at radius 1 is 1.26 bits per heavy atom. The number of thioether (sulfide) groups is 1. The number of carbonyl (C=O) groups excluding carboxylic acids is 3. The molecule has 3 aliphatic heterocycles. The molecule has 0 saturated carbocycles. The monoisotopic (exact) mass is 616 g/mol. The molecule has 2 unspecified atom stereocenters. The maximum Gasteiger partial charge on any atom is 0.311 e. The Morgan fingerprint density at radius 3 is 2.62 bits per heavy atom. The molecule has 9 heteroatoms. The quantitative estimate of drug-likeness (QED) is 0.158. The molecule has 3 saturated heterocycles. The number of allylic oxidation sites excluding steroid dienone is 1. The zero-order chi connectivity index (χ0) is 30.8. The van der Waals surface area contributed by atoms with Crippen LogP contribution in [-0.4, -0.2) is 69.1 Å². The molecular formula is C33H45ClN2O5S. The molecule has 1 aromatic carbocycles. The number of aliphatic hydroxyl groups excluding tert-OH is 1. The molecule has 7 nitrogen and oxygen atoms in total. The number of anilines is 1. The number of benzene rings is 1. The van der Waals surface area contributed by atoms with E-state index in [1.165, 1.54) is 0 Å². The van der Waals surface area contributed by atoms with Gasteiger partial charge in [0, 0.05) is 11.3 Å². The van der Waals surface area contributed by atoms with Gasteiger partial charge in [0.2, 0.25) is 5.91 Å². The zero-order valence-corrected chi connectivity index (χ0v) is 26.9. The van der Waals surface area contributed by atoms with Crippen molar-refractivity contribution in [2.24, 2.45) is 17.8 Å². The van der Waals surface area contributed by atoms with E-state index >= 15 is 0 Å². The molecule has 1 spiro atoms. The first kappa shape index (κ1) is 32.6. The molecule has 0 aliphatic carbocycles. The van der Waals surface area contributed by atoms with Crippen LogP contribution in [0.25, 0.3) is 0 Å². The number of para-hydroxylation sites is 1. The van der Waals surface area contributed by atoms with Gasteiger partial charge in [-0.1, -0.05) is 49.7 Å². The predicted molar refractivity (Wildman–Crippen MR) is 170 cm³/mol. The number of likely N-dealkylation sites (tertiary alicyclic amines) is 1. The van der Waals surface area contributed by atoms with Crippen LogP contribution < -0.4 is 4.90 Å². The van der Waals surface area contributed by atoms with Crippen molar-refractivity contribution in [3.63, 3.8) is 0 Å². The zero-order valence-electron chi connectivity index (χ0n) is 25.3. The van der Waals surface area contributed by atoms with E-state index in [4.69, 9.17) is 16.3 Å². The van der Waals surface area contributed by atoms with Crippen LogP contribution >= 0.6 is 23.4 Å². The van der Waals surface area contributed by atoms with Crippen molar-refractivity contribution in [2.75, 3.05) is 24.7 Å². The van der Waals surface area contributed by atoms with Crippen LogP contribution in [0.1, 0.15) is 64.9 Å². The normalized spacial score (nSPS) is 28.6. The van der Waals surface area contributed by atoms with Crippen molar-refractivity contribution >= 4 is 46.8 Å². The summed E-state index contributed by atoms with van der Waals surface area (Å²) in [6, 6.07) is 4.05. The van der Waals surface area contributed by atoms with E-state index in [-0.39, 0.29) is 43.5 Å². The lowest BCUT2D eigenvalue weighted by Gasteiger charge is -2.40. The standard InChI is InChI=1S/C33H45ClN2O5S/c1-7-9-10-11-18-41-31(40)26-25-29(38)36(23(20-37)19-21(3)4)28(33(25)16-15-32(26,6)42-33)30(39)35(17-8-2)27-22(5)13-12-14-24(27)34/h7-8,12-14,21,23,25-26,28,37H,1-2,9-11,15-20H2,3-6H3/t23-,25+,26-,28?,32+,33?/m1/s1. The Kier molecular flexibility index (Phi) is 10.2. The summed E-state index contributed by atoms with van der Waals surface area (Å²) < 4.78 is 4.43. The first-order valence-corrected chi connectivity index (χ1v) is 16.2. The van der Waals surface area contributed by atoms with E-state index in [1.807, 2.05) is 45.9 Å². The first-order valence-electron chi connectivity index (χ1n) is 15.1. The van der Waals surface area contributed by atoms with Crippen LogP contribution in [0.3, 0.4) is 0 Å². The van der Waals surface area contributed by atoms with Crippen LogP contribution in [0.5, 0.6) is 0 Å². The van der Waals surface area contributed by atoms with E-state index in [0.29, 0.717) is 30.0 Å². The average molecular weight is 617 g/mol. The van der Waals surface area contributed by atoms with Gasteiger partial charge in [0.25, 0.3) is 5.91 Å². The second-order valence-electron chi connectivity index (χ2n) is 12.5. The summed E-state index contributed by atoms with van der Waals surface area (Å²) >= 11 is 8.27. The van der Waals surface area contributed by atoms with E-state index in [0.717, 1.165) is 24.8 Å². The highest BCUT2D eigenvalue weighted by Gasteiger charge is 2.78. The largest absolute Gasteiger partial charge is 0.465 e. The fraction of sp³-hybridized carbons (Fsp3) is 0.606. The minimum Gasteiger partial charge on any atom is -0.465 e. The molecular weight excluding hydrogens is 572 g/mol. The molecule has 42 heavy (non-hydrogen) atoms. The summed E-state index contributed by atoms with van der Waals surface area (Å²) in [6.07, 6.45) is 7.78. The topological polar surface area (TPSA) is 87.1 Å². The van der Waals surface area contributed by atoms with Crippen LogP contribution in [0.4, 0.5) is 5.69 Å². The lowest BCUT2D eigenvalue weighted by Crippen LogP contribution is -2.58.